The van der Waals surface area contributed by atoms with Gasteiger partial charge < -0.3 is 5.11 Å². The van der Waals surface area contributed by atoms with Crippen molar-refractivity contribution in [3.05, 3.63) is 35.4 Å². The van der Waals surface area contributed by atoms with Gasteiger partial charge in [-0.3, -0.25) is 0 Å². The molecule has 1 aromatic rings. The molecule has 0 unspecified atom stereocenters. The molecular weight excluding hydrogens is 160 g/mol. The zero-order valence-corrected chi connectivity index (χ0v) is 8.62. The molecule has 13 heavy (non-hydrogen) atoms. The lowest BCUT2D eigenvalue weighted by atomic mass is 10.0. The number of fused-ring (bicyclic) bond motifs is 1. The summed E-state index contributed by atoms with van der Waals surface area (Å²) in [5.74, 6) is 0.325. The summed E-state index contributed by atoms with van der Waals surface area (Å²) in [4.78, 5) is 0. The fraction of sp³-hybridized carbons (Fsp3) is 0.500. The summed E-state index contributed by atoms with van der Waals surface area (Å²) in [5, 5.41) is 9.52. The third kappa shape index (κ3) is 1.92. The minimum absolute atomic E-state index is 0.160. The number of rotatable bonds is 0. The van der Waals surface area contributed by atoms with E-state index < -0.39 is 0 Å². The van der Waals surface area contributed by atoms with Gasteiger partial charge in [0.05, 0.1) is 6.10 Å². The molecular formula is C12H18O. The maximum Gasteiger partial charge on any atom is 0.0646 e. The first-order valence-corrected chi connectivity index (χ1v) is 5.05. The SMILES string of the molecule is CC.C[C@H]1c2ccccc2C[C@H]1O. The Bertz CT molecular complexity index is 268. The average Bonchev–Trinajstić information content (AvgIpc) is 2.47. The molecule has 1 aliphatic carbocycles. The molecule has 1 N–H and O–H groups in total. The van der Waals surface area contributed by atoms with Gasteiger partial charge in [-0.25, -0.2) is 0 Å². The largest absolute Gasteiger partial charge is 0.392 e. The molecule has 2 rings (SSSR count). The van der Waals surface area contributed by atoms with Gasteiger partial charge in [0.15, 0.2) is 0 Å². The number of aliphatic hydroxyl groups is 1. The van der Waals surface area contributed by atoms with E-state index in [1.807, 2.05) is 26.0 Å². The van der Waals surface area contributed by atoms with Crippen molar-refractivity contribution in [2.45, 2.75) is 39.2 Å². The quantitative estimate of drug-likeness (QED) is 0.647. The summed E-state index contributed by atoms with van der Waals surface area (Å²) in [6.07, 6.45) is 0.671. The predicted octanol–water partition coefficient (Wildman–Crippen LogP) is 2.73. The van der Waals surface area contributed by atoms with Gasteiger partial charge in [0.2, 0.25) is 0 Å². The molecule has 0 aliphatic heterocycles. The van der Waals surface area contributed by atoms with Gasteiger partial charge in [-0.05, 0) is 17.5 Å². The summed E-state index contributed by atoms with van der Waals surface area (Å²) in [5.41, 5.74) is 2.63. The van der Waals surface area contributed by atoms with Crippen molar-refractivity contribution >= 4 is 0 Å². The lowest BCUT2D eigenvalue weighted by Gasteiger charge is -2.07. The van der Waals surface area contributed by atoms with Crippen molar-refractivity contribution < 1.29 is 5.11 Å². The van der Waals surface area contributed by atoms with E-state index in [1.54, 1.807) is 0 Å². The van der Waals surface area contributed by atoms with Gasteiger partial charge in [-0.2, -0.15) is 0 Å². The zero-order valence-electron chi connectivity index (χ0n) is 8.62. The Morgan fingerprint density at radius 2 is 1.85 bits per heavy atom. The Labute approximate surface area is 80.4 Å². The monoisotopic (exact) mass is 178 g/mol. The number of aliphatic hydroxyl groups excluding tert-OH is 1. The van der Waals surface area contributed by atoms with Crippen molar-refractivity contribution in [2.24, 2.45) is 0 Å². The van der Waals surface area contributed by atoms with Gasteiger partial charge >= 0.3 is 0 Å². The van der Waals surface area contributed by atoms with E-state index in [-0.39, 0.29) is 6.10 Å². The highest BCUT2D eigenvalue weighted by atomic mass is 16.3. The number of hydrogen-bond donors (Lipinski definition) is 1. The van der Waals surface area contributed by atoms with E-state index >= 15 is 0 Å². The molecule has 0 spiro atoms. The second-order valence-electron chi connectivity index (χ2n) is 3.26. The fourth-order valence-electron chi connectivity index (χ4n) is 1.77. The molecule has 0 aromatic heterocycles. The Morgan fingerprint density at radius 3 is 2.46 bits per heavy atom. The van der Waals surface area contributed by atoms with E-state index in [4.69, 9.17) is 0 Å². The Morgan fingerprint density at radius 1 is 1.23 bits per heavy atom. The molecule has 0 amide bonds. The Hall–Kier alpha value is -0.820. The summed E-state index contributed by atoms with van der Waals surface area (Å²) in [7, 11) is 0. The first kappa shape index (κ1) is 10.3. The number of benzene rings is 1. The van der Waals surface area contributed by atoms with E-state index in [1.165, 1.54) is 11.1 Å². The average molecular weight is 178 g/mol. The van der Waals surface area contributed by atoms with Crippen LogP contribution < -0.4 is 0 Å². The van der Waals surface area contributed by atoms with Crippen molar-refractivity contribution in [3.8, 4) is 0 Å². The highest BCUT2D eigenvalue weighted by Gasteiger charge is 2.26. The topological polar surface area (TPSA) is 20.2 Å². The van der Waals surface area contributed by atoms with Crippen molar-refractivity contribution in [1.82, 2.24) is 0 Å². The van der Waals surface area contributed by atoms with Crippen LogP contribution in [0.5, 0.6) is 0 Å². The molecule has 1 nitrogen and oxygen atoms in total. The first-order valence-electron chi connectivity index (χ1n) is 5.05. The van der Waals surface area contributed by atoms with E-state index in [2.05, 4.69) is 19.1 Å². The van der Waals surface area contributed by atoms with Crippen LogP contribution in [0.1, 0.15) is 37.8 Å². The second-order valence-corrected chi connectivity index (χ2v) is 3.26. The molecule has 72 valence electrons. The third-order valence-electron chi connectivity index (χ3n) is 2.55. The first-order chi connectivity index (χ1) is 6.29. The minimum atomic E-state index is -0.160. The summed E-state index contributed by atoms with van der Waals surface area (Å²) in [6, 6.07) is 8.27. The van der Waals surface area contributed by atoms with Crippen LogP contribution in [0.2, 0.25) is 0 Å². The Kier molecular flexibility index (Phi) is 3.49. The maximum absolute atomic E-state index is 9.52. The van der Waals surface area contributed by atoms with Crippen LogP contribution >= 0.6 is 0 Å². The van der Waals surface area contributed by atoms with E-state index in [0.29, 0.717) is 5.92 Å². The van der Waals surface area contributed by atoms with Crippen molar-refractivity contribution in [1.29, 1.82) is 0 Å². The molecule has 1 heteroatoms. The summed E-state index contributed by atoms with van der Waals surface area (Å²) < 4.78 is 0. The van der Waals surface area contributed by atoms with Gasteiger partial charge in [-0.1, -0.05) is 45.0 Å². The zero-order chi connectivity index (χ0) is 9.84. The van der Waals surface area contributed by atoms with Crippen LogP contribution in [0.15, 0.2) is 24.3 Å². The maximum atomic E-state index is 9.52. The smallest absolute Gasteiger partial charge is 0.0646 e. The molecule has 0 saturated heterocycles. The highest BCUT2D eigenvalue weighted by molar-refractivity contribution is 5.36. The standard InChI is InChI=1S/C10H12O.C2H6/c1-7-9-5-3-2-4-8(9)6-10(7)11;1-2/h2-5,7,10-11H,6H2,1H3;1-2H3/t7-,10+;/m0./s1. The van der Waals surface area contributed by atoms with Crippen LogP contribution in [0.3, 0.4) is 0 Å². The Balaban J connectivity index is 0.000000396. The fourth-order valence-corrected chi connectivity index (χ4v) is 1.77. The third-order valence-corrected chi connectivity index (χ3v) is 2.55. The van der Waals surface area contributed by atoms with Crippen LogP contribution in [-0.4, -0.2) is 11.2 Å². The second kappa shape index (κ2) is 4.43. The molecule has 1 aromatic carbocycles. The van der Waals surface area contributed by atoms with E-state index in [0.717, 1.165) is 6.42 Å². The molecule has 0 fully saturated rings. The summed E-state index contributed by atoms with van der Waals surface area (Å²) >= 11 is 0. The van der Waals surface area contributed by atoms with Crippen LogP contribution in [0.4, 0.5) is 0 Å². The molecule has 0 radical (unpaired) electrons. The molecule has 0 saturated carbocycles. The summed E-state index contributed by atoms with van der Waals surface area (Å²) in [6.45, 7) is 6.08. The molecule has 0 bridgehead atoms. The lowest BCUT2D eigenvalue weighted by molar-refractivity contribution is 0.163. The van der Waals surface area contributed by atoms with Crippen molar-refractivity contribution in [2.75, 3.05) is 0 Å². The van der Waals surface area contributed by atoms with Gasteiger partial charge in [0.1, 0.15) is 0 Å². The number of hydrogen-bond acceptors (Lipinski definition) is 1. The normalized spacial score (nSPS) is 24.6. The predicted molar refractivity (Wildman–Crippen MR) is 55.9 cm³/mol. The van der Waals surface area contributed by atoms with Crippen LogP contribution in [0, 0.1) is 0 Å². The van der Waals surface area contributed by atoms with Gasteiger partial charge in [-0.15, -0.1) is 0 Å². The molecule has 0 heterocycles. The van der Waals surface area contributed by atoms with Crippen molar-refractivity contribution in [3.63, 3.8) is 0 Å². The van der Waals surface area contributed by atoms with Gasteiger partial charge in [0, 0.05) is 5.92 Å². The van der Waals surface area contributed by atoms with Gasteiger partial charge in [0.25, 0.3) is 0 Å². The van der Waals surface area contributed by atoms with Crippen LogP contribution in [-0.2, 0) is 6.42 Å². The van der Waals surface area contributed by atoms with Crippen LogP contribution in [0.25, 0.3) is 0 Å². The molecule has 1 aliphatic rings. The minimum Gasteiger partial charge on any atom is -0.392 e. The van der Waals surface area contributed by atoms with E-state index in [9.17, 15) is 5.11 Å². The molecule has 2 atom stereocenters. The lowest BCUT2D eigenvalue weighted by Crippen LogP contribution is -2.09. The highest BCUT2D eigenvalue weighted by Crippen LogP contribution is 2.32.